The van der Waals surface area contributed by atoms with Gasteiger partial charge in [-0.25, -0.2) is 9.97 Å². The van der Waals surface area contributed by atoms with E-state index in [-0.39, 0.29) is 0 Å². The number of thiophene rings is 1. The van der Waals surface area contributed by atoms with Crippen molar-refractivity contribution in [3.63, 3.8) is 0 Å². The van der Waals surface area contributed by atoms with Gasteiger partial charge in [0.15, 0.2) is 11.6 Å². The summed E-state index contributed by atoms with van der Waals surface area (Å²) < 4.78 is 3.58. The van der Waals surface area contributed by atoms with E-state index in [0.29, 0.717) is 0 Å². The topological polar surface area (TPSA) is 30.7 Å². The number of benzene rings is 7. The minimum atomic E-state index is 0.737. The zero-order valence-corrected chi connectivity index (χ0v) is 24.3. The third-order valence-electron chi connectivity index (χ3n) is 8.98. The average molecular weight is 578 g/mol. The second-order valence-electron chi connectivity index (χ2n) is 11.4. The first-order chi connectivity index (χ1) is 21.8. The summed E-state index contributed by atoms with van der Waals surface area (Å²) in [6.07, 6.45) is 0. The van der Waals surface area contributed by atoms with Crippen molar-refractivity contribution in [3.8, 4) is 17.2 Å². The molecule has 0 N–H and O–H groups in total. The Morgan fingerprint density at radius 2 is 1.11 bits per heavy atom. The van der Waals surface area contributed by atoms with Crippen LogP contribution in [0.25, 0.3) is 91.6 Å². The van der Waals surface area contributed by atoms with Crippen molar-refractivity contribution in [2.45, 2.75) is 0 Å². The van der Waals surface area contributed by atoms with Crippen molar-refractivity contribution in [1.29, 1.82) is 0 Å². The minimum absolute atomic E-state index is 0.737. The molecule has 0 aliphatic carbocycles. The Hall–Kier alpha value is -5.58. The van der Waals surface area contributed by atoms with Gasteiger partial charge in [-0.3, -0.25) is 4.57 Å². The molecule has 3 nitrogen and oxygen atoms in total. The van der Waals surface area contributed by atoms with E-state index >= 15 is 0 Å². The molecule has 0 bridgehead atoms. The number of para-hydroxylation sites is 1. The quantitative estimate of drug-likeness (QED) is 0.191. The molecule has 0 radical (unpaired) electrons. The van der Waals surface area contributed by atoms with Gasteiger partial charge < -0.3 is 0 Å². The van der Waals surface area contributed by atoms with Crippen LogP contribution in [0.1, 0.15) is 0 Å². The molecule has 204 valence electrons. The number of rotatable bonds is 2. The molecule has 0 fully saturated rings. The van der Waals surface area contributed by atoms with Crippen molar-refractivity contribution in [3.05, 3.63) is 140 Å². The van der Waals surface area contributed by atoms with Gasteiger partial charge in [0.25, 0.3) is 0 Å². The molecule has 0 amide bonds. The molecule has 44 heavy (non-hydrogen) atoms. The van der Waals surface area contributed by atoms with Crippen LogP contribution in [-0.2, 0) is 0 Å². The summed E-state index contributed by atoms with van der Waals surface area (Å²) in [6.45, 7) is 0. The molecule has 10 aromatic rings. The van der Waals surface area contributed by atoms with Crippen molar-refractivity contribution >= 4 is 85.8 Å². The molecule has 0 spiro atoms. The highest BCUT2D eigenvalue weighted by molar-refractivity contribution is 7.25. The maximum atomic E-state index is 5.46. The SMILES string of the molecule is c1ccc2cc3c(cc2c1)c1ccccc1n3-c1nc(-c2ccc3ccc4ccccc4c3c2)nc2sc3ccccc3c12. The van der Waals surface area contributed by atoms with Gasteiger partial charge in [0.2, 0.25) is 0 Å². The minimum Gasteiger partial charge on any atom is -0.293 e. The summed E-state index contributed by atoms with van der Waals surface area (Å²) in [7, 11) is 0. The maximum Gasteiger partial charge on any atom is 0.163 e. The van der Waals surface area contributed by atoms with E-state index in [2.05, 4.69) is 144 Å². The summed E-state index contributed by atoms with van der Waals surface area (Å²) in [4.78, 5) is 11.7. The van der Waals surface area contributed by atoms with Crippen LogP contribution in [-0.4, -0.2) is 14.5 Å². The molecule has 10 rings (SSSR count). The highest BCUT2D eigenvalue weighted by Crippen LogP contribution is 2.41. The van der Waals surface area contributed by atoms with Crippen molar-refractivity contribution < 1.29 is 0 Å². The lowest BCUT2D eigenvalue weighted by Crippen LogP contribution is -2.02. The Kier molecular flexibility index (Phi) is 4.87. The average Bonchev–Trinajstić information content (AvgIpc) is 3.62. The highest BCUT2D eigenvalue weighted by atomic mass is 32.1. The Morgan fingerprint density at radius 1 is 0.455 bits per heavy atom. The van der Waals surface area contributed by atoms with Gasteiger partial charge in [-0.05, 0) is 62.6 Å². The summed E-state index contributed by atoms with van der Waals surface area (Å²) in [5.74, 6) is 1.66. The van der Waals surface area contributed by atoms with Gasteiger partial charge in [-0.1, -0.05) is 109 Å². The highest BCUT2D eigenvalue weighted by Gasteiger charge is 2.21. The molecule has 0 atom stereocenters. The summed E-state index contributed by atoms with van der Waals surface area (Å²) in [6, 6.07) is 50.1. The van der Waals surface area contributed by atoms with Crippen LogP contribution >= 0.6 is 11.3 Å². The van der Waals surface area contributed by atoms with Crippen LogP contribution in [0.2, 0.25) is 0 Å². The van der Waals surface area contributed by atoms with Gasteiger partial charge in [-0.15, -0.1) is 11.3 Å². The van der Waals surface area contributed by atoms with E-state index in [9.17, 15) is 0 Å². The first-order valence-corrected chi connectivity index (χ1v) is 15.7. The molecule has 0 saturated carbocycles. The van der Waals surface area contributed by atoms with Gasteiger partial charge in [-0.2, -0.15) is 0 Å². The van der Waals surface area contributed by atoms with Crippen LogP contribution in [0, 0.1) is 0 Å². The summed E-state index contributed by atoms with van der Waals surface area (Å²) in [5.41, 5.74) is 3.31. The van der Waals surface area contributed by atoms with Crippen LogP contribution in [0.15, 0.2) is 140 Å². The Labute approximate surface area is 256 Å². The van der Waals surface area contributed by atoms with E-state index in [4.69, 9.17) is 9.97 Å². The third kappa shape index (κ3) is 3.37. The second kappa shape index (κ2) is 8.96. The molecule has 0 saturated heterocycles. The molecular formula is C40H23N3S. The van der Waals surface area contributed by atoms with Crippen molar-refractivity contribution in [1.82, 2.24) is 14.5 Å². The second-order valence-corrected chi connectivity index (χ2v) is 12.5. The lowest BCUT2D eigenvalue weighted by Gasteiger charge is -2.12. The van der Waals surface area contributed by atoms with E-state index in [0.717, 1.165) is 38.5 Å². The molecule has 4 heteroatoms. The first kappa shape index (κ1) is 23.9. The van der Waals surface area contributed by atoms with Crippen LogP contribution in [0.3, 0.4) is 0 Å². The molecule has 3 aromatic heterocycles. The Morgan fingerprint density at radius 3 is 1.98 bits per heavy atom. The van der Waals surface area contributed by atoms with Gasteiger partial charge >= 0.3 is 0 Å². The van der Waals surface area contributed by atoms with E-state index in [1.165, 1.54) is 53.2 Å². The zero-order chi connectivity index (χ0) is 28.8. The fourth-order valence-electron chi connectivity index (χ4n) is 6.92. The molecule has 0 aliphatic rings. The molecule has 3 heterocycles. The monoisotopic (exact) mass is 577 g/mol. The zero-order valence-electron chi connectivity index (χ0n) is 23.5. The fourth-order valence-corrected chi connectivity index (χ4v) is 7.99. The number of fused-ring (bicyclic) bond motifs is 10. The van der Waals surface area contributed by atoms with Crippen molar-refractivity contribution in [2.24, 2.45) is 0 Å². The number of nitrogens with zero attached hydrogens (tertiary/aromatic N) is 3. The number of hydrogen-bond acceptors (Lipinski definition) is 3. The Bertz CT molecular complexity index is 2790. The predicted molar refractivity (Wildman–Crippen MR) is 187 cm³/mol. The maximum absolute atomic E-state index is 5.46. The third-order valence-corrected chi connectivity index (χ3v) is 10.0. The van der Waals surface area contributed by atoms with E-state index < -0.39 is 0 Å². The van der Waals surface area contributed by atoms with Crippen LogP contribution in [0.5, 0.6) is 0 Å². The van der Waals surface area contributed by atoms with Crippen molar-refractivity contribution in [2.75, 3.05) is 0 Å². The smallest absolute Gasteiger partial charge is 0.163 e. The standard InChI is InChI=1S/C40H23N3S/c1-2-11-27-23-35-33(21-26(27)10-1)30-13-5-7-15-34(30)43(35)39-37-31-14-6-8-16-36(31)44-40(37)42-38(41-39)28-20-19-25-18-17-24-9-3-4-12-29(24)32(25)22-28/h1-23H. The van der Waals surface area contributed by atoms with Gasteiger partial charge in [0, 0.05) is 26.4 Å². The number of hydrogen-bond donors (Lipinski definition) is 0. The van der Waals surface area contributed by atoms with Crippen LogP contribution in [0.4, 0.5) is 0 Å². The normalized spacial score (nSPS) is 12.1. The molecule has 0 unspecified atom stereocenters. The molecule has 0 aliphatic heterocycles. The summed E-state index contributed by atoms with van der Waals surface area (Å²) >= 11 is 1.74. The van der Waals surface area contributed by atoms with Crippen LogP contribution < -0.4 is 0 Å². The first-order valence-electron chi connectivity index (χ1n) is 14.8. The van der Waals surface area contributed by atoms with Gasteiger partial charge in [0.05, 0.1) is 16.4 Å². The predicted octanol–water partition coefficient (Wildman–Crippen LogP) is 11.1. The Balaban J connectivity index is 1.35. The van der Waals surface area contributed by atoms with E-state index in [1.54, 1.807) is 11.3 Å². The molecular weight excluding hydrogens is 555 g/mol. The van der Waals surface area contributed by atoms with Gasteiger partial charge in [0.1, 0.15) is 4.83 Å². The fraction of sp³-hybridized carbons (Fsp3) is 0. The molecule has 7 aromatic carbocycles. The number of aromatic nitrogens is 3. The largest absolute Gasteiger partial charge is 0.293 e. The summed E-state index contributed by atoms with van der Waals surface area (Å²) in [5, 5.41) is 12.1. The lowest BCUT2D eigenvalue weighted by molar-refractivity contribution is 1.08. The van der Waals surface area contributed by atoms with E-state index in [1.807, 2.05) is 0 Å². The lowest BCUT2D eigenvalue weighted by atomic mass is 10.00.